The molecule has 1 fully saturated rings. The van der Waals surface area contributed by atoms with E-state index in [1.807, 2.05) is 6.07 Å². The van der Waals surface area contributed by atoms with Crippen molar-refractivity contribution in [2.24, 2.45) is 0 Å². The second-order valence-corrected chi connectivity index (χ2v) is 4.15. The van der Waals surface area contributed by atoms with E-state index in [1.54, 1.807) is 19.4 Å². The van der Waals surface area contributed by atoms with Crippen molar-refractivity contribution in [3.05, 3.63) is 23.9 Å². The second-order valence-electron chi connectivity index (χ2n) is 4.15. The molecule has 92 valence electrons. The molecule has 1 aromatic heterocycles. The summed E-state index contributed by atoms with van der Waals surface area (Å²) < 4.78 is 4.97. The highest BCUT2D eigenvalue weighted by Crippen LogP contribution is 2.18. The summed E-state index contributed by atoms with van der Waals surface area (Å²) in [6.45, 7) is 0.984. The number of nitrogens with one attached hydrogen (secondary N) is 2. The zero-order valence-corrected chi connectivity index (χ0v) is 9.90. The van der Waals surface area contributed by atoms with E-state index < -0.39 is 0 Å². The quantitative estimate of drug-likeness (QED) is 0.752. The average molecular weight is 235 g/mol. The van der Waals surface area contributed by atoms with Gasteiger partial charge < -0.3 is 15.4 Å². The van der Waals surface area contributed by atoms with Crippen molar-refractivity contribution in [2.75, 3.05) is 13.7 Å². The molecule has 17 heavy (non-hydrogen) atoms. The number of amides is 1. The third-order valence-electron chi connectivity index (χ3n) is 2.56. The van der Waals surface area contributed by atoms with Crippen molar-refractivity contribution < 1.29 is 9.53 Å². The summed E-state index contributed by atoms with van der Waals surface area (Å²) in [5.41, 5.74) is 1.03. The monoisotopic (exact) mass is 235 g/mol. The Kier molecular flexibility index (Phi) is 3.93. The van der Waals surface area contributed by atoms with E-state index in [-0.39, 0.29) is 5.91 Å². The van der Waals surface area contributed by atoms with Gasteiger partial charge in [-0.3, -0.25) is 4.79 Å². The molecule has 5 nitrogen and oxygen atoms in total. The van der Waals surface area contributed by atoms with E-state index in [2.05, 4.69) is 15.6 Å². The summed E-state index contributed by atoms with van der Waals surface area (Å²) >= 11 is 0. The van der Waals surface area contributed by atoms with Gasteiger partial charge in [0.25, 0.3) is 0 Å². The summed E-state index contributed by atoms with van der Waals surface area (Å²) in [5, 5.41) is 6.00. The molecule has 1 aliphatic carbocycles. The molecule has 0 atom stereocenters. The highest BCUT2D eigenvalue weighted by Gasteiger charge is 2.22. The average Bonchev–Trinajstić information content (AvgIpc) is 3.14. The van der Waals surface area contributed by atoms with Crippen LogP contribution in [0.2, 0.25) is 0 Å². The van der Waals surface area contributed by atoms with Gasteiger partial charge in [-0.15, -0.1) is 0 Å². The number of hydrogen-bond acceptors (Lipinski definition) is 4. The molecule has 0 aromatic carbocycles. The predicted octanol–water partition coefficient (Wildman–Crippen LogP) is 0.458. The highest BCUT2D eigenvalue weighted by atomic mass is 16.5. The standard InChI is InChI=1S/C12H17N3O2/c1-17-12-5-2-9(7-14-12)6-13-8-11(16)15-10-3-4-10/h2,5,7,10,13H,3-4,6,8H2,1H3,(H,15,16). The lowest BCUT2D eigenvalue weighted by atomic mass is 10.3. The summed E-state index contributed by atoms with van der Waals surface area (Å²) in [4.78, 5) is 15.5. The maximum absolute atomic E-state index is 11.4. The molecule has 1 amide bonds. The molecule has 2 N–H and O–H groups in total. The first kappa shape index (κ1) is 11.9. The first-order chi connectivity index (χ1) is 8.28. The van der Waals surface area contributed by atoms with Crippen molar-refractivity contribution in [2.45, 2.75) is 25.4 Å². The largest absolute Gasteiger partial charge is 0.481 e. The van der Waals surface area contributed by atoms with Gasteiger partial charge >= 0.3 is 0 Å². The van der Waals surface area contributed by atoms with Gasteiger partial charge in [0.1, 0.15) is 0 Å². The number of rotatable bonds is 6. The van der Waals surface area contributed by atoms with Crippen molar-refractivity contribution in [1.82, 2.24) is 15.6 Å². The number of ether oxygens (including phenoxy) is 1. The zero-order valence-electron chi connectivity index (χ0n) is 9.90. The number of carbonyl (C=O) groups excluding carboxylic acids is 1. The maximum Gasteiger partial charge on any atom is 0.234 e. The van der Waals surface area contributed by atoms with Gasteiger partial charge in [0, 0.05) is 24.8 Å². The SMILES string of the molecule is COc1ccc(CNCC(=O)NC2CC2)cn1. The number of carbonyl (C=O) groups is 1. The third kappa shape index (κ3) is 4.03. The van der Waals surface area contributed by atoms with E-state index in [4.69, 9.17) is 4.74 Å². The van der Waals surface area contributed by atoms with Gasteiger partial charge in [-0.25, -0.2) is 4.98 Å². The maximum atomic E-state index is 11.4. The smallest absolute Gasteiger partial charge is 0.234 e. The van der Waals surface area contributed by atoms with Crippen LogP contribution in [-0.4, -0.2) is 30.6 Å². The van der Waals surface area contributed by atoms with Crippen LogP contribution in [0, 0.1) is 0 Å². The second kappa shape index (κ2) is 5.63. The fraction of sp³-hybridized carbons (Fsp3) is 0.500. The molecule has 0 aliphatic heterocycles. The number of hydrogen-bond donors (Lipinski definition) is 2. The summed E-state index contributed by atoms with van der Waals surface area (Å²) in [6.07, 6.45) is 3.98. The molecule has 0 radical (unpaired) electrons. The van der Waals surface area contributed by atoms with Crippen molar-refractivity contribution in [1.29, 1.82) is 0 Å². The predicted molar refractivity (Wildman–Crippen MR) is 63.7 cm³/mol. The minimum absolute atomic E-state index is 0.0639. The molecule has 2 rings (SSSR count). The fourth-order valence-corrected chi connectivity index (χ4v) is 1.46. The van der Waals surface area contributed by atoms with Crippen LogP contribution in [0.5, 0.6) is 5.88 Å². The zero-order chi connectivity index (χ0) is 12.1. The first-order valence-corrected chi connectivity index (χ1v) is 5.77. The molecular formula is C12H17N3O2. The summed E-state index contributed by atoms with van der Waals surface area (Å²) in [6, 6.07) is 4.16. The van der Waals surface area contributed by atoms with Crippen LogP contribution in [0.1, 0.15) is 18.4 Å². The Morgan fingerprint density at radius 2 is 2.35 bits per heavy atom. The molecule has 0 saturated heterocycles. The van der Waals surface area contributed by atoms with Crippen LogP contribution in [-0.2, 0) is 11.3 Å². The van der Waals surface area contributed by atoms with Gasteiger partial charge in [-0.05, 0) is 18.4 Å². The van der Waals surface area contributed by atoms with Crippen LogP contribution in [0.15, 0.2) is 18.3 Å². The third-order valence-corrected chi connectivity index (χ3v) is 2.56. The van der Waals surface area contributed by atoms with Crippen LogP contribution >= 0.6 is 0 Å². The van der Waals surface area contributed by atoms with Crippen LogP contribution in [0.3, 0.4) is 0 Å². The molecule has 5 heteroatoms. The lowest BCUT2D eigenvalue weighted by molar-refractivity contribution is -0.120. The molecular weight excluding hydrogens is 218 g/mol. The van der Waals surface area contributed by atoms with E-state index in [9.17, 15) is 4.79 Å². The number of methoxy groups -OCH3 is 1. The minimum atomic E-state index is 0.0639. The molecule has 0 spiro atoms. The molecule has 1 aromatic rings. The molecule has 1 saturated carbocycles. The van der Waals surface area contributed by atoms with Crippen molar-refractivity contribution >= 4 is 5.91 Å². The molecule has 1 aliphatic rings. The Morgan fingerprint density at radius 1 is 1.53 bits per heavy atom. The van der Waals surface area contributed by atoms with Gasteiger partial charge in [0.05, 0.1) is 13.7 Å². The molecule has 0 bridgehead atoms. The highest BCUT2D eigenvalue weighted by molar-refractivity contribution is 5.78. The Hall–Kier alpha value is -1.62. The van der Waals surface area contributed by atoms with Crippen LogP contribution in [0.4, 0.5) is 0 Å². The van der Waals surface area contributed by atoms with Gasteiger partial charge in [0.2, 0.25) is 11.8 Å². The number of nitrogens with zero attached hydrogens (tertiary/aromatic N) is 1. The Labute approximate surface area is 101 Å². The Bertz CT molecular complexity index is 374. The van der Waals surface area contributed by atoms with Crippen molar-refractivity contribution in [3.8, 4) is 5.88 Å². The van der Waals surface area contributed by atoms with E-state index >= 15 is 0 Å². The topological polar surface area (TPSA) is 63.2 Å². The van der Waals surface area contributed by atoms with Gasteiger partial charge in [0.15, 0.2) is 0 Å². The van der Waals surface area contributed by atoms with Crippen LogP contribution < -0.4 is 15.4 Å². The normalized spacial score (nSPS) is 14.4. The van der Waals surface area contributed by atoms with Crippen molar-refractivity contribution in [3.63, 3.8) is 0 Å². The lowest BCUT2D eigenvalue weighted by Crippen LogP contribution is -2.34. The minimum Gasteiger partial charge on any atom is -0.481 e. The van der Waals surface area contributed by atoms with Gasteiger partial charge in [-0.2, -0.15) is 0 Å². The summed E-state index contributed by atoms with van der Waals surface area (Å²) in [7, 11) is 1.59. The van der Waals surface area contributed by atoms with Gasteiger partial charge in [-0.1, -0.05) is 6.07 Å². The molecule has 0 unspecified atom stereocenters. The van der Waals surface area contributed by atoms with E-state index in [0.29, 0.717) is 25.0 Å². The van der Waals surface area contributed by atoms with Crippen LogP contribution in [0.25, 0.3) is 0 Å². The fourth-order valence-electron chi connectivity index (χ4n) is 1.46. The first-order valence-electron chi connectivity index (χ1n) is 5.77. The Balaban J connectivity index is 1.67. The van der Waals surface area contributed by atoms with E-state index in [0.717, 1.165) is 18.4 Å². The lowest BCUT2D eigenvalue weighted by Gasteiger charge is -2.06. The Morgan fingerprint density at radius 3 is 2.94 bits per heavy atom. The van der Waals surface area contributed by atoms with E-state index in [1.165, 1.54) is 0 Å². The number of aromatic nitrogens is 1. The summed E-state index contributed by atoms with van der Waals surface area (Å²) in [5.74, 6) is 0.661. The number of pyridine rings is 1. The molecule has 1 heterocycles.